The lowest BCUT2D eigenvalue weighted by atomic mass is 10.1. The summed E-state index contributed by atoms with van der Waals surface area (Å²) in [6, 6.07) is 13.7. The van der Waals surface area contributed by atoms with Crippen LogP contribution >= 0.6 is 11.3 Å². The second-order valence-corrected chi connectivity index (χ2v) is 8.13. The normalized spacial score (nSPS) is 11.1. The van der Waals surface area contributed by atoms with Crippen LogP contribution in [-0.2, 0) is 14.8 Å². The zero-order chi connectivity index (χ0) is 19.4. The van der Waals surface area contributed by atoms with Crippen LogP contribution in [0, 0.1) is 0 Å². The van der Waals surface area contributed by atoms with Gasteiger partial charge in [-0.25, -0.2) is 22.7 Å². The predicted octanol–water partition coefficient (Wildman–Crippen LogP) is 3.59. The smallest absolute Gasteiger partial charge is 0.341 e. The van der Waals surface area contributed by atoms with Crippen molar-refractivity contribution in [2.75, 3.05) is 11.9 Å². The molecule has 140 valence electrons. The van der Waals surface area contributed by atoms with E-state index in [1.54, 1.807) is 49.4 Å². The van der Waals surface area contributed by atoms with Gasteiger partial charge < -0.3 is 4.74 Å². The molecule has 7 nitrogen and oxygen atoms in total. The molecular formula is C18H16N2O5S2. The van der Waals surface area contributed by atoms with E-state index >= 15 is 0 Å². The summed E-state index contributed by atoms with van der Waals surface area (Å²) in [5.74, 6) is -0.587. The molecular weight excluding hydrogens is 388 g/mol. The molecule has 0 aliphatic carbocycles. The highest BCUT2D eigenvalue weighted by atomic mass is 32.2. The van der Waals surface area contributed by atoms with Gasteiger partial charge in [0.1, 0.15) is 10.6 Å². The van der Waals surface area contributed by atoms with E-state index in [-0.39, 0.29) is 22.1 Å². The number of hydrogen-bond acceptors (Lipinski definition) is 6. The summed E-state index contributed by atoms with van der Waals surface area (Å²) in [5.41, 5.74) is 0.199. The molecule has 2 amide bonds. The zero-order valence-electron chi connectivity index (χ0n) is 14.3. The summed E-state index contributed by atoms with van der Waals surface area (Å²) >= 11 is 1.16. The molecule has 0 aliphatic heterocycles. The molecule has 0 radical (unpaired) electrons. The minimum Gasteiger partial charge on any atom is -0.462 e. The number of urea groups is 1. The van der Waals surface area contributed by atoms with E-state index in [0.29, 0.717) is 5.39 Å². The van der Waals surface area contributed by atoms with E-state index in [4.69, 9.17) is 4.74 Å². The van der Waals surface area contributed by atoms with Crippen molar-refractivity contribution >= 4 is 48.4 Å². The van der Waals surface area contributed by atoms with Crippen molar-refractivity contribution in [3.63, 3.8) is 0 Å². The Morgan fingerprint density at radius 2 is 1.70 bits per heavy atom. The number of hydrogen-bond donors (Lipinski definition) is 2. The first-order chi connectivity index (χ1) is 12.9. The van der Waals surface area contributed by atoms with Gasteiger partial charge in [-0.3, -0.25) is 5.32 Å². The fourth-order valence-electron chi connectivity index (χ4n) is 2.45. The summed E-state index contributed by atoms with van der Waals surface area (Å²) < 4.78 is 32.3. The standard InChI is InChI=1S/C18H16N2O5S2/c1-2-25-17(21)15-13-10-6-7-11-14(13)26-16(15)19-18(22)20-27(23,24)12-8-4-3-5-9-12/h3-11H,2H2,1H3,(H2,19,20,22). The molecule has 3 aromatic rings. The number of rotatable bonds is 5. The Labute approximate surface area is 160 Å². The Hall–Kier alpha value is -2.91. The summed E-state index contributed by atoms with van der Waals surface area (Å²) in [5, 5.41) is 3.30. The van der Waals surface area contributed by atoms with Crippen molar-refractivity contribution in [3.05, 3.63) is 60.2 Å². The molecule has 0 bridgehead atoms. The van der Waals surface area contributed by atoms with Crippen LogP contribution in [0.2, 0.25) is 0 Å². The second-order valence-electron chi connectivity index (χ2n) is 5.40. The molecule has 0 saturated heterocycles. The van der Waals surface area contributed by atoms with Crippen molar-refractivity contribution in [2.45, 2.75) is 11.8 Å². The predicted molar refractivity (Wildman–Crippen MR) is 104 cm³/mol. The number of ether oxygens (including phenoxy) is 1. The summed E-state index contributed by atoms with van der Waals surface area (Å²) in [4.78, 5) is 24.5. The lowest BCUT2D eigenvalue weighted by molar-refractivity contribution is 0.0530. The monoisotopic (exact) mass is 404 g/mol. The maximum atomic E-state index is 12.3. The van der Waals surface area contributed by atoms with Crippen molar-refractivity contribution in [3.8, 4) is 0 Å². The Morgan fingerprint density at radius 3 is 2.41 bits per heavy atom. The fourth-order valence-corrected chi connectivity index (χ4v) is 4.46. The molecule has 2 aromatic carbocycles. The number of sulfonamides is 1. The van der Waals surface area contributed by atoms with Crippen LogP contribution in [0.3, 0.4) is 0 Å². The minimum absolute atomic E-state index is 0.0397. The fraction of sp³-hybridized carbons (Fsp3) is 0.111. The maximum Gasteiger partial charge on any atom is 0.341 e. The molecule has 1 heterocycles. The molecule has 9 heteroatoms. The van der Waals surface area contributed by atoms with E-state index in [2.05, 4.69) is 5.32 Å². The molecule has 0 aliphatic rings. The third kappa shape index (κ3) is 4.09. The lowest BCUT2D eigenvalue weighted by Crippen LogP contribution is -2.34. The van der Waals surface area contributed by atoms with E-state index in [1.165, 1.54) is 12.1 Å². The van der Waals surface area contributed by atoms with Crippen molar-refractivity contribution < 1.29 is 22.7 Å². The van der Waals surface area contributed by atoms with Crippen LogP contribution in [0.4, 0.5) is 9.80 Å². The largest absolute Gasteiger partial charge is 0.462 e. The number of anilines is 1. The van der Waals surface area contributed by atoms with E-state index in [0.717, 1.165) is 16.0 Å². The number of benzene rings is 2. The zero-order valence-corrected chi connectivity index (χ0v) is 15.9. The first-order valence-electron chi connectivity index (χ1n) is 8.00. The van der Waals surface area contributed by atoms with E-state index in [1.807, 2.05) is 4.72 Å². The number of amides is 2. The molecule has 0 unspecified atom stereocenters. The molecule has 1 aromatic heterocycles. The van der Waals surface area contributed by atoms with Gasteiger partial charge in [-0.05, 0) is 25.1 Å². The highest BCUT2D eigenvalue weighted by Gasteiger charge is 2.23. The van der Waals surface area contributed by atoms with E-state index < -0.39 is 22.0 Å². The van der Waals surface area contributed by atoms with Gasteiger partial charge in [0.2, 0.25) is 0 Å². The highest BCUT2D eigenvalue weighted by Crippen LogP contribution is 2.36. The molecule has 0 fully saturated rings. The molecule has 3 rings (SSSR count). The van der Waals surface area contributed by atoms with Gasteiger partial charge in [0.15, 0.2) is 0 Å². The number of carbonyl (C=O) groups excluding carboxylic acids is 2. The van der Waals surface area contributed by atoms with Gasteiger partial charge in [-0.1, -0.05) is 36.4 Å². The molecule has 0 saturated carbocycles. The van der Waals surface area contributed by atoms with Crippen LogP contribution < -0.4 is 10.0 Å². The Balaban J connectivity index is 1.89. The van der Waals surface area contributed by atoms with Gasteiger partial charge in [-0.2, -0.15) is 0 Å². The van der Waals surface area contributed by atoms with Crippen LogP contribution in [0.15, 0.2) is 59.5 Å². The summed E-state index contributed by atoms with van der Waals surface area (Å²) in [6.07, 6.45) is 0. The van der Waals surface area contributed by atoms with Crippen LogP contribution in [0.1, 0.15) is 17.3 Å². The third-order valence-electron chi connectivity index (χ3n) is 3.58. The minimum atomic E-state index is -4.03. The van der Waals surface area contributed by atoms with Crippen molar-refractivity contribution in [2.24, 2.45) is 0 Å². The SMILES string of the molecule is CCOC(=O)c1c(NC(=O)NS(=O)(=O)c2ccccc2)sc2ccccc12. The van der Waals surface area contributed by atoms with Crippen molar-refractivity contribution in [1.29, 1.82) is 0 Å². The van der Waals surface area contributed by atoms with E-state index in [9.17, 15) is 18.0 Å². The molecule has 0 spiro atoms. The van der Waals surface area contributed by atoms with Crippen LogP contribution in [-0.4, -0.2) is 27.0 Å². The third-order valence-corrected chi connectivity index (χ3v) is 6.02. The van der Waals surface area contributed by atoms with Crippen LogP contribution in [0.25, 0.3) is 10.1 Å². The van der Waals surface area contributed by atoms with Gasteiger partial charge >= 0.3 is 12.0 Å². The molecule has 2 N–H and O–H groups in total. The first kappa shape index (κ1) is 18.9. The molecule has 27 heavy (non-hydrogen) atoms. The average Bonchev–Trinajstić information content (AvgIpc) is 2.99. The Morgan fingerprint density at radius 1 is 1.04 bits per heavy atom. The number of fused-ring (bicyclic) bond motifs is 1. The highest BCUT2D eigenvalue weighted by molar-refractivity contribution is 7.90. The maximum absolute atomic E-state index is 12.3. The quantitative estimate of drug-likeness (QED) is 0.633. The van der Waals surface area contributed by atoms with Crippen molar-refractivity contribution in [1.82, 2.24) is 4.72 Å². The second kappa shape index (κ2) is 7.77. The summed E-state index contributed by atoms with van der Waals surface area (Å²) in [7, 11) is -4.03. The van der Waals surface area contributed by atoms with Gasteiger partial charge in [0, 0.05) is 10.1 Å². The summed E-state index contributed by atoms with van der Waals surface area (Å²) in [6.45, 7) is 1.86. The number of esters is 1. The number of thiophene rings is 1. The lowest BCUT2D eigenvalue weighted by Gasteiger charge is -2.09. The first-order valence-corrected chi connectivity index (χ1v) is 10.3. The number of carbonyl (C=O) groups is 2. The Kier molecular flexibility index (Phi) is 5.43. The molecule has 0 atom stereocenters. The van der Waals surface area contributed by atoms with Crippen LogP contribution in [0.5, 0.6) is 0 Å². The Bertz CT molecular complexity index is 1090. The topological polar surface area (TPSA) is 102 Å². The van der Waals surface area contributed by atoms with Gasteiger partial charge in [-0.15, -0.1) is 11.3 Å². The van der Waals surface area contributed by atoms with Gasteiger partial charge in [0.05, 0.1) is 11.5 Å². The average molecular weight is 404 g/mol. The number of nitrogens with one attached hydrogen (secondary N) is 2. The van der Waals surface area contributed by atoms with Gasteiger partial charge in [0.25, 0.3) is 10.0 Å².